The zero-order chi connectivity index (χ0) is 15.7. The van der Waals surface area contributed by atoms with Gasteiger partial charge in [-0.2, -0.15) is 0 Å². The monoisotopic (exact) mass is 278 g/mol. The topological polar surface area (TPSA) is 46.5 Å². The molecule has 0 aromatic heterocycles. The number of hydrogen-bond acceptors (Lipinski definition) is 3. The van der Waals surface area contributed by atoms with Gasteiger partial charge in [0, 0.05) is 0 Å². The number of rotatable bonds is 2. The van der Waals surface area contributed by atoms with E-state index in [1.165, 1.54) is 7.11 Å². The molecule has 1 aromatic carbocycles. The first kappa shape index (κ1) is 16.5. The molecular weight excluding hydrogens is 252 g/mol. The minimum atomic E-state index is -0.268. The summed E-state index contributed by atoms with van der Waals surface area (Å²) >= 11 is 0. The minimum absolute atomic E-state index is 0.184. The van der Waals surface area contributed by atoms with E-state index in [-0.39, 0.29) is 23.2 Å². The van der Waals surface area contributed by atoms with Crippen LogP contribution in [-0.4, -0.2) is 18.2 Å². The maximum atomic E-state index is 11.5. The third-order valence-electron chi connectivity index (χ3n) is 3.36. The van der Waals surface area contributed by atoms with E-state index in [0.29, 0.717) is 5.75 Å². The Kier molecular flexibility index (Phi) is 4.52. The van der Waals surface area contributed by atoms with Gasteiger partial charge in [0.25, 0.3) is 0 Å². The van der Waals surface area contributed by atoms with Crippen molar-refractivity contribution in [2.75, 3.05) is 7.11 Å². The number of esters is 1. The largest absolute Gasteiger partial charge is 0.507 e. The summed E-state index contributed by atoms with van der Waals surface area (Å²) in [6.07, 6.45) is 0.225. The van der Waals surface area contributed by atoms with Crippen molar-refractivity contribution in [1.29, 1.82) is 0 Å². The molecule has 0 aliphatic heterocycles. The van der Waals surface area contributed by atoms with Gasteiger partial charge in [-0.05, 0) is 27.5 Å². The second-order valence-electron chi connectivity index (χ2n) is 7.29. The molecule has 1 rings (SSSR count). The van der Waals surface area contributed by atoms with Gasteiger partial charge in [-0.25, -0.2) is 0 Å². The number of benzene rings is 1. The number of ether oxygens (including phenoxy) is 1. The molecule has 0 saturated heterocycles. The van der Waals surface area contributed by atoms with Crippen molar-refractivity contribution in [2.45, 2.75) is 58.8 Å². The van der Waals surface area contributed by atoms with Crippen molar-refractivity contribution in [1.82, 2.24) is 0 Å². The van der Waals surface area contributed by atoms with Crippen LogP contribution in [0.4, 0.5) is 0 Å². The Morgan fingerprint density at radius 2 is 1.45 bits per heavy atom. The average molecular weight is 278 g/mol. The molecule has 1 N–H and O–H groups in total. The SMILES string of the molecule is COC(=O)Cc1cc(C(C)(C)C)c(O)c(C(C)(C)C)c1. The second-order valence-corrected chi connectivity index (χ2v) is 7.29. The van der Waals surface area contributed by atoms with Gasteiger partial charge in [-0.1, -0.05) is 53.7 Å². The Morgan fingerprint density at radius 3 is 1.75 bits per heavy atom. The normalized spacial score (nSPS) is 12.3. The molecule has 3 heteroatoms. The molecule has 0 spiro atoms. The van der Waals surface area contributed by atoms with Gasteiger partial charge in [-0.3, -0.25) is 4.79 Å². The first-order valence-electron chi connectivity index (χ1n) is 6.90. The molecule has 0 amide bonds. The summed E-state index contributed by atoms with van der Waals surface area (Å²) in [6, 6.07) is 3.81. The van der Waals surface area contributed by atoms with Crippen LogP contribution < -0.4 is 0 Å². The number of carbonyl (C=O) groups is 1. The lowest BCUT2D eigenvalue weighted by Gasteiger charge is -2.28. The highest BCUT2D eigenvalue weighted by Gasteiger charge is 2.26. The Labute approximate surface area is 122 Å². The zero-order valence-corrected chi connectivity index (χ0v) is 13.6. The summed E-state index contributed by atoms with van der Waals surface area (Å²) in [7, 11) is 1.39. The first-order valence-corrected chi connectivity index (χ1v) is 6.90. The Hall–Kier alpha value is -1.51. The van der Waals surface area contributed by atoms with Crippen molar-refractivity contribution >= 4 is 5.97 Å². The van der Waals surface area contributed by atoms with Crippen LogP contribution >= 0.6 is 0 Å². The highest BCUT2D eigenvalue weighted by Crippen LogP contribution is 2.39. The predicted molar refractivity (Wildman–Crippen MR) is 81.2 cm³/mol. The van der Waals surface area contributed by atoms with E-state index >= 15 is 0 Å². The van der Waals surface area contributed by atoms with Crippen molar-refractivity contribution in [3.63, 3.8) is 0 Å². The number of carbonyl (C=O) groups excluding carboxylic acids is 1. The maximum absolute atomic E-state index is 11.5. The molecule has 0 unspecified atom stereocenters. The van der Waals surface area contributed by atoms with E-state index in [9.17, 15) is 9.90 Å². The van der Waals surface area contributed by atoms with Crippen molar-refractivity contribution < 1.29 is 14.6 Å². The molecule has 0 atom stereocenters. The molecule has 0 heterocycles. The lowest BCUT2D eigenvalue weighted by Crippen LogP contribution is -2.18. The number of hydrogen-bond donors (Lipinski definition) is 1. The highest BCUT2D eigenvalue weighted by molar-refractivity contribution is 5.73. The van der Waals surface area contributed by atoms with Crippen LogP contribution in [0.1, 0.15) is 58.2 Å². The van der Waals surface area contributed by atoms with Crippen LogP contribution in [-0.2, 0) is 26.8 Å². The molecule has 0 fully saturated rings. The lowest BCUT2D eigenvalue weighted by molar-refractivity contribution is -0.139. The first-order chi connectivity index (χ1) is 8.96. The van der Waals surface area contributed by atoms with Crippen LogP contribution in [0.25, 0.3) is 0 Å². The standard InChI is InChI=1S/C17H26O3/c1-16(2,3)12-8-11(10-14(18)20-7)9-13(15(12)19)17(4,5)6/h8-9,19H,10H2,1-7H3. The smallest absolute Gasteiger partial charge is 0.309 e. The van der Waals surface area contributed by atoms with Crippen LogP contribution in [0.3, 0.4) is 0 Å². The Bertz CT molecular complexity index is 467. The maximum Gasteiger partial charge on any atom is 0.309 e. The highest BCUT2D eigenvalue weighted by atomic mass is 16.5. The Morgan fingerprint density at radius 1 is 1.05 bits per heavy atom. The fourth-order valence-corrected chi connectivity index (χ4v) is 2.18. The Balaban J connectivity index is 3.46. The minimum Gasteiger partial charge on any atom is -0.507 e. The van der Waals surface area contributed by atoms with Crippen LogP contribution in [0, 0.1) is 0 Å². The van der Waals surface area contributed by atoms with Crippen LogP contribution in [0.5, 0.6) is 5.75 Å². The second kappa shape index (κ2) is 5.47. The molecule has 1 aromatic rings. The zero-order valence-electron chi connectivity index (χ0n) is 13.6. The summed E-state index contributed by atoms with van der Waals surface area (Å²) in [5.41, 5.74) is 2.24. The van der Waals surface area contributed by atoms with Gasteiger partial charge in [0.15, 0.2) is 0 Å². The molecule has 20 heavy (non-hydrogen) atoms. The summed E-state index contributed by atoms with van der Waals surface area (Å²) in [5.74, 6) is 0.0639. The van der Waals surface area contributed by atoms with E-state index in [2.05, 4.69) is 41.5 Å². The summed E-state index contributed by atoms with van der Waals surface area (Å²) in [5, 5.41) is 10.6. The molecule has 0 aliphatic rings. The van der Waals surface area contributed by atoms with Crippen LogP contribution in [0.2, 0.25) is 0 Å². The number of methoxy groups -OCH3 is 1. The summed E-state index contributed by atoms with van der Waals surface area (Å²) < 4.78 is 4.73. The van der Waals surface area contributed by atoms with Gasteiger partial charge >= 0.3 is 5.97 Å². The van der Waals surface area contributed by atoms with E-state index < -0.39 is 0 Å². The van der Waals surface area contributed by atoms with Gasteiger partial charge in [-0.15, -0.1) is 0 Å². The van der Waals surface area contributed by atoms with Gasteiger partial charge in [0.2, 0.25) is 0 Å². The lowest BCUT2D eigenvalue weighted by atomic mass is 9.78. The number of aromatic hydroxyl groups is 1. The van der Waals surface area contributed by atoms with E-state index in [4.69, 9.17) is 4.74 Å². The molecule has 0 bridgehead atoms. The third kappa shape index (κ3) is 3.75. The van der Waals surface area contributed by atoms with E-state index in [1.54, 1.807) is 0 Å². The third-order valence-corrected chi connectivity index (χ3v) is 3.36. The number of phenolic OH excluding ortho intramolecular Hbond substituents is 1. The van der Waals surface area contributed by atoms with Gasteiger partial charge in [0.1, 0.15) is 5.75 Å². The van der Waals surface area contributed by atoms with Crippen molar-refractivity contribution in [2.24, 2.45) is 0 Å². The summed E-state index contributed by atoms with van der Waals surface area (Å²) in [4.78, 5) is 11.5. The van der Waals surface area contributed by atoms with Gasteiger partial charge < -0.3 is 9.84 Å². The van der Waals surface area contributed by atoms with E-state index in [0.717, 1.165) is 16.7 Å². The molecule has 0 aliphatic carbocycles. The molecule has 3 nitrogen and oxygen atoms in total. The van der Waals surface area contributed by atoms with Crippen LogP contribution in [0.15, 0.2) is 12.1 Å². The predicted octanol–water partition coefficient (Wildman–Crippen LogP) is 3.70. The van der Waals surface area contributed by atoms with Gasteiger partial charge in [0.05, 0.1) is 13.5 Å². The quantitative estimate of drug-likeness (QED) is 0.839. The van der Waals surface area contributed by atoms with Crippen molar-refractivity contribution in [3.05, 3.63) is 28.8 Å². The van der Waals surface area contributed by atoms with E-state index in [1.807, 2.05) is 12.1 Å². The molecule has 0 saturated carbocycles. The molecular formula is C17H26O3. The van der Waals surface area contributed by atoms with Crippen molar-refractivity contribution in [3.8, 4) is 5.75 Å². The molecule has 112 valence electrons. The average Bonchev–Trinajstić information content (AvgIpc) is 2.28. The summed E-state index contributed by atoms with van der Waals surface area (Å²) in [6.45, 7) is 12.3. The fraction of sp³-hybridized carbons (Fsp3) is 0.588. The fourth-order valence-electron chi connectivity index (χ4n) is 2.18. The number of phenols is 1. The molecule has 0 radical (unpaired) electrons.